The summed E-state index contributed by atoms with van der Waals surface area (Å²) in [6.45, 7) is 5.95. The van der Waals surface area contributed by atoms with Gasteiger partial charge in [-0.2, -0.15) is 0 Å². The molecule has 0 saturated heterocycles. The lowest BCUT2D eigenvalue weighted by molar-refractivity contribution is 0.466. The number of rotatable bonds is 2. The Kier molecular flexibility index (Phi) is 2.94. The molecule has 0 fully saturated rings. The number of hydrogen-bond acceptors (Lipinski definition) is 2. The molecule has 0 aliphatic carbocycles. The van der Waals surface area contributed by atoms with E-state index in [1.54, 1.807) is 0 Å². The van der Waals surface area contributed by atoms with E-state index in [1.807, 2.05) is 33.0 Å². The minimum Gasteiger partial charge on any atom is -0.507 e. The molecule has 2 nitrogen and oxygen atoms in total. The van der Waals surface area contributed by atoms with E-state index in [0.717, 1.165) is 11.1 Å². The third-order valence-corrected chi connectivity index (χ3v) is 2.45. The van der Waals surface area contributed by atoms with Crippen LogP contribution in [0.1, 0.15) is 29.7 Å². The minimum absolute atomic E-state index is 0.331. The third-order valence-electron chi connectivity index (χ3n) is 2.45. The van der Waals surface area contributed by atoms with Crippen molar-refractivity contribution < 1.29 is 5.11 Å². The van der Waals surface area contributed by atoms with Crippen molar-refractivity contribution in [1.29, 1.82) is 0 Å². The maximum atomic E-state index is 9.56. The van der Waals surface area contributed by atoms with Crippen molar-refractivity contribution in [2.75, 3.05) is 7.05 Å². The number of aromatic hydroxyl groups is 1. The maximum absolute atomic E-state index is 9.56. The summed E-state index contributed by atoms with van der Waals surface area (Å²) in [4.78, 5) is 0. The SMILES string of the molecule is CN[C@H](C)c1cc(C)c(O)c(C)c1. The van der Waals surface area contributed by atoms with Crippen LogP contribution in [-0.4, -0.2) is 12.2 Å². The predicted molar refractivity (Wildman–Crippen MR) is 55.1 cm³/mol. The van der Waals surface area contributed by atoms with Gasteiger partial charge in [0.1, 0.15) is 5.75 Å². The number of benzene rings is 1. The van der Waals surface area contributed by atoms with E-state index in [0.29, 0.717) is 11.8 Å². The first-order valence-corrected chi connectivity index (χ1v) is 4.53. The van der Waals surface area contributed by atoms with E-state index in [-0.39, 0.29) is 0 Å². The Balaban J connectivity index is 3.13. The molecule has 0 aromatic heterocycles. The summed E-state index contributed by atoms with van der Waals surface area (Å²) in [6, 6.07) is 4.37. The zero-order chi connectivity index (χ0) is 10.0. The van der Waals surface area contributed by atoms with Crippen LogP contribution in [0.4, 0.5) is 0 Å². The van der Waals surface area contributed by atoms with Gasteiger partial charge in [-0.3, -0.25) is 0 Å². The fourth-order valence-electron chi connectivity index (χ4n) is 1.41. The quantitative estimate of drug-likeness (QED) is 0.730. The van der Waals surface area contributed by atoms with Gasteiger partial charge in [0.15, 0.2) is 0 Å². The monoisotopic (exact) mass is 179 g/mol. The number of hydrogen-bond donors (Lipinski definition) is 2. The molecule has 0 bridgehead atoms. The highest BCUT2D eigenvalue weighted by Gasteiger charge is 2.07. The minimum atomic E-state index is 0.331. The van der Waals surface area contributed by atoms with Crippen molar-refractivity contribution in [2.45, 2.75) is 26.8 Å². The van der Waals surface area contributed by atoms with Gasteiger partial charge >= 0.3 is 0 Å². The lowest BCUT2D eigenvalue weighted by Crippen LogP contribution is -2.12. The Bertz CT molecular complexity index is 284. The van der Waals surface area contributed by atoms with E-state index in [9.17, 15) is 5.11 Å². The Morgan fingerprint density at radius 2 is 1.69 bits per heavy atom. The average molecular weight is 179 g/mol. The van der Waals surface area contributed by atoms with E-state index < -0.39 is 0 Å². The molecule has 1 aromatic carbocycles. The van der Waals surface area contributed by atoms with Crippen LogP contribution < -0.4 is 5.32 Å². The summed E-state index contributed by atoms with van der Waals surface area (Å²) in [5.41, 5.74) is 3.10. The van der Waals surface area contributed by atoms with Gasteiger partial charge in [-0.15, -0.1) is 0 Å². The van der Waals surface area contributed by atoms with Crippen molar-refractivity contribution in [3.05, 3.63) is 28.8 Å². The maximum Gasteiger partial charge on any atom is 0.121 e. The molecule has 0 saturated carbocycles. The third kappa shape index (κ3) is 2.01. The van der Waals surface area contributed by atoms with Gasteiger partial charge in [0.2, 0.25) is 0 Å². The van der Waals surface area contributed by atoms with E-state index in [4.69, 9.17) is 0 Å². The standard InChI is InChI=1S/C11H17NO/c1-7-5-10(9(3)12-4)6-8(2)11(7)13/h5-6,9,12-13H,1-4H3/t9-/m1/s1. The Morgan fingerprint density at radius 3 is 2.08 bits per heavy atom. The van der Waals surface area contributed by atoms with Gasteiger partial charge in [-0.05, 0) is 44.5 Å². The topological polar surface area (TPSA) is 32.3 Å². The number of nitrogens with one attached hydrogen (secondary N) is 1. The van der Waals surface area contributed by atoms with Crippen molar-refractivity contribution in [3.63, 3.8) is 0 Å². The molecular weight excluding hydrogens is 162 g/mol. The molecule has 0 heterocycles. The van der Waals surface area contributed by atoms with Gasteiger partial charge in [0.05, 0.1) is 0 Å². The highest BCUT2D eigenvalue weighted by molar-refractivity contribution is 5.42. The molecule has 1 aromatic rings. The molecule has 72 valence electrons. The van der Waals surface area contributed by atoms with Gasteiger partial charge in [-0.25, -0.2) is 0 Å². The van der Waals surface area contributed by atoms with Gasteiger partial charge in [0.25, 0.3) is 0 Å². The second-order valence-corrected chi connectivity index (χ2v) is 3.51. The molecule has 1 atom stereocenters. The van der Waals surface area contributed by atoms with Crippen LogP contribution in [0.5, 0.6) is 5.75 Å². The van der Waals surface area contributed by atoms with Gasteiger partial charge in [0, 0.05) is 6.04 Å². The van der Waals surface area contributed by atoms with E-state index in [2.05, 4.69) is 12.2 Å². The highest BCUT2D eigenvalue weighted by Crippen LogP contribution is 2.25. The van der Waals surface area contributed by atoms with Crippen LogP contribution in [0, 0.1) is 13.8 Å². The van der Waals surface area contributed by atoms with Crippen molar-refractivity contribution in [1.82, 2.24) is 5.32 Å². The molecule has 2 heteroatoms. The second-order valence-electron chi connectivity index (χ2n) is 3.51. The predicted octanol–water partition coefficient (Wildman–Crippen LogP) is 2.29. The highest BCUT2D eigenvalue weighted by atomic mass is 16.3. The summed E-state index contributed by atoms with van der Waals surface area (Å²) in [5.74, 6) is 0.409. The lowest BCUT2D eigenvalue weighted by Gasteiger charge is -2.13. The van der Waals surface area contributed by atoms with Gasteiger partial charge in [-0.1, -0.05) is 12.1 Å². The van der Waals surface area contributed by atoms with Crippen molar-refractivity contribution in [2.24, 2.45) is 0 Å². The fourth-order valence-corrected chi connectivity index (χ4v) is 1.41. The lowest BCUT2D eigenvalue weighted by atomic mass is 10.0. The molecule has 0 radical (unpaired) electrons. The normalized spacial score (nSPS) is 12.9. The molecule has 0 amide bonds. The Morgan fingerprint density at radius 1 is 1.23 bits per heavy atom. The fraction of sp³-hybridized carbons (Fsp3) is 0.455. The second kappa shape index (κ2) is 3.79. The number of aryl methyl sites for hydroxylation is 2. The summed E-state index contributed by atoms with van der Waals surface area (Å²) >= 11 is 0. The van der Waals surface area contributed by atoms with Crippen LogP contribution in [-0.2, 0) is 0 Å². The zero-order valence-electron chi connectivity index (χ0n) is 8.68. The zero-order valence-corrected chi connectivity index (χ0v) is 8.68. The Hall–Kier alpha value is -1.02. The van der Waals surface area contributed by atoms with E-state index >= 15 is 0 Å². The molecule has 0 aliphatic rings. The molecule has 0 aliphatic heterocycles. The Labute approximate surface area is 79.6 Å². The first-order chi connectivity index (χ1) is 6.06. The van der Waals surface area contributed by atoms with Crippen LogP contribution >= 0.6 is 0 Å². The molecule has 13 heavy (non-hydrogen) atoms. The first kappa shape index (κ1) is 10.1. The summed E-state index contributed by atoms with van der Waals surface area (Å²) in [7, 11) is 1.93. The van der Waals surface area contributed by atoms with Crippen LogP contribution in [0.2, 0.25) is 0 Å². The average Bonchev–Trinajstić information content (AvgIpc) is 2.12. The van der Waals surface area contributed by atoms with Crippen LogP contribution in [0.3, 0.4) is 0 Å². The molecule has 0 spiro atoms. The van der Waals surface area contributed by atoms with Crippen LogP contribution in [0.15, 0.2) is 12.1 Å². The van der Waals surface area contributed by atoms with Crippen LogP contribution in [0.25, 0.3) is 0 Å². The number of phenols is 1. The summed E-state index contributed by atoms with van der Waals surface area (Å²) in [5, 5.41) is 12.7. The summed E-state index contributed by atoms with van der Waals surface area (Å²) in [6.07, 6.45) is 0. The smallest absolute Gasteiger partial charge is 0.121 e. The molecule has 0 unspecified atom stereocenters. The largest absolute Gasteiger partial charge is 0.507 e. The molecular formula is C11H17NO. The van der Waals surface area contributed by atoms with Crippen molar-refractivity contribution >= 4 is 0 Å². The van der Waals surface area contributed by atoms with E-state index in [1.165, 1.54) is 5.56 Å². The summed E-state index contributed by atoms with van der Waals surface area (Å²) < 4.78 is 0. The van der Waals surface area contributed by atoms with Crippen molar-refractivity contribution in [3.8, 4) is 5.75 Å². The molecule has 1 rings (SSSR count). The van der Waals surface area contributed by atoms with Gasteiger partial charge < -0.3 is 10.4 Å². The molecule has 2 N–H and O–H groups in total. The number of phenolic OH excluding ortho intramolecular Hbond substituents is 1. The first-order valence-electron chi connectivity index (χ1n) is 4.53.